The number of rotatable bonds is 4. The maximum atomic E-state index is 10.8. The molecular formula is C14H13ClO2S. The second-order valence-electron chi connectivity index (χ2n) is 4.10. The number of carbonyl (C=O) groups excluding carboxylic acids is 1. The molecule has 4 heteroatoms. The van der Waals surface area contributed by atoms with E-state index in [2.05, 4.69) is 0 Å². The van der Waals surface area contributed by atoms with E-state index in [1.165, 1.54) is 11.3 Å². The molecule has 0 spiro atoms. The Bertz CT molecular complexity index is 552. The summed E-state index contributed by atoms with van der Waals surface area (Å²) in [6.45, 7) is 4.38. The van der Waals surface area contributed by atoms with Crippen LogP contribution >= 0.6 is 22.9 Å². The van der Waals surface area contributed by atoms with Crippen LogP contribution < -0.4 is 4.74 Å². The molecule has 0 atom stereocenters. The first-order valence-corrected chi connectivity index (χ1v) is 6.73. The number of hydrogen-bond donors (Lipinski definition) is 0. The fraction of sp³-hybridized carbons (Fsp3) is 0.214. The Morgan fingerprint density at radius 1 is 1.28 bits per heavy atom. The molecule has 2 aromatic rings. The fourth-order valence-electron chi connectivity index (χ4n) is 1.85. The SMILES string of the molecule is Cc1cc(C=O)cc(C)c1OCc1ccc(Cl)s1. The zero-order valence-electron chi connectivity index (χ0n) is 10.2. The van der Waals surface area contributed by atoms with Crippen molar-refractivity contribution in [3.63, 3.8) is 0 Å². The van der Waals surface area contributed by atoms with Gasteiger partial charge in [0, 0.05) is 10.4 Å². The highest BCUT2D eigenvalue weighted by Crippen LogP contribution is 2.27. The van der Waals surface area contributed by atoms with Gasteiger partial charge in [0.1, 0.15) is 18.6 Å². The van der Waals surface area contributed by atoms with Gasteiger partial charge in [0.05, 0.1) is 4.34 Å². The lowest BCUT2D eigenvalue weighted by molar-refractivity contribution is 0.112. The zero-order valence-corrected chi connectivity index (χ0v) is 11.8. The number of carbonyl (C=O) groups is 1. The molecule has 2 nitrogen and oxygen atoms in total. The first kappa shape index (κ1) is 13.1. The van der Waals surface area contributed by atoms with Gasteiger partial charge in [-0.2, -0.15) is 0 Å². The molecule has 18 heavy (non-hydrogen) atoms. The number of benzene rings is 1. The van der Waals surface area contributed by atoms with Gasteiger partial charge in [-0.3, -0.25) is 4.79 Å². The average Bonchev–Trinajstić information content (AvgIpc) is 2.73. The van der Waals surface area contributed by atoms with Crippen molar-refractivity contribution >= 4 is 29.2 Å². The summed E-state index contributed by atoms with van der Waals surface area (Å²) in [6.07, 6.45) is 0.850. The summed E-state index contributed by atoms with van der Waals surface area (Å²) >= 11 is 7.38. The third kappa shape index (κ3) is 2.92. The van der Waals surface area contributed by atoms with Crippen LogP contribution in [0.3, 0.4) is 0 Å². The number of aldehydes is 1. The van der Waals surface area contributed by atoms with Crippen LogP contribution in [0, 0.1) is 13.8 Å². The molecule has 0 aliphatic carbocycles. The van der Waals surface area contributed by atoms with Crippen molar-refractivity contribution in [3.05, 3.63) is 50.2 Å². The van der Waals surface area contributed by atoms with E-state index in [4.69, 9.17) is 16.3 Å². The summed E-state index contributed by atoms with van der Waals surface area (Å²) in [5.41, 5.74) is 2.62. The molecule has 2 rings (SSSR count). The summed E-state index contributed by atoms with van der Waals surface area (Å²) in [5.74, 6) is 0.838. The molecule has 0 saturated heterocycles. The monoisotopic (exact) mass is 280 g/mol. The van der Waals surface area contributed by atoms with Crippen molar-refractivity contribution < 1.29 is 9.53 Å². The second kappa shape index (κ2) is 5.55. The molecule has 0 N–H and O–H groups in total. The molecule has 0 aliphatic heterocycles. The van der Waals surface area contributed by atoms with E-state index in [9.17, 15) is 4.79 Å². The van der Waals surface area contributed by atoms with E-state index in [1.807, 2.05) is 38.1 Å². The second-order valence-corrected chi connectivity index (χ2v) is 5.90. The van der Waals surface area contributed by atoms with E-state index in [1.54, 1.807) is 0 Å². The van der Waals surface area contributed by atoms with Crippen LogP contribution in [0.1, 0.15) is 26.4 Å². The molecule has 94 valence electrons. The number of aryl methyl sites for hydroxylation is 2. The van der Waals surface area contributed by atoms with E-state index >= 15 is 0 Å². The van der Waals surface area contributed by atoms with Crippen LogP contribution in [0.25, 0.3) is 0 Å². The minimum Gasteiger partial charge on any atom is -0.488 e. The van der Waals surface area contributed by atoms with Gasteiger partial charge in [0.2, 0.25) is 0 Å². The maximum Gasteiger partial charge on any atom is 0.150 e. The predicted octanol–water partition coefficient (Wildman–Crippen LogP) is 4.41. The van der Waals surface area contributed by atoms with Crippen LogP contribution in [-0.4, -0.2) is 6.29 Å². The van der Waals surface area contributed by atoms with Crippen molar-refractivity contribution in [1.82, 2.24) is 0 Å². The van der Waals surface area contributed by atoms with Gasteiger partial charge >= 0.3 is 0 Å². The third-order valence-electron chi connectivity index (χ3n) is 2.61. The number of hydrogen-bond acceptors (Lipinski definition) is 3. The Kier molecular flexibility index (Phi) is 4.04. The number of ether oxygens (including phenoxy) is 1. The first-order valence-electron chi connectivity index (χ1n) is 5.53. The van der Waals surface area contributed by atoms with E-state index in [-0.39, 0.29) is 0 Å². The Morgan fingerprint density at radius 3 is 2.44 bits per heavy atom. The number of thiophene rings is 1. The lowest BCUT2D eigenvalue weighted by atomic mass is 10.1. The molecule has 1 aromatic carbocycles. The van der Waals surface area contributed by atoms with Gasteiger partial charge in [-0.15, -0.1) is 11.3 Å². The number of halogens is 1. The standard InChI is InChI=1S/C14H13ClO2S/c1-9-5-11(7-16)6-10(2)14(9)17-8-12-3-4-13(15)18-12/h3-7H,8H2,1-2H3. The molecule has 1 aromatic heterocycles. The molecule has 0 saturated carbocycles. The predicted molar refractivity (Wildman–Crippen MR) is 75.0 cm³/mol. The quantitative estimate of drug-likeness (QED) is 0.776. The van der Waals surface area contributed by atoms with Gasteiger partial charge in [0.15, 0.2) is 0 Å². The largest absolute Gasteiger partial charge is 0.488 e. The molecule has 0 bridgehead atoms. The molecule has 0 unspecified atom stereocenters. The van der Waals surface area contributed by atoms with Gasteiger partial charge < -0.3 is 4.74 Å². The van der Waals surface area contributed by atoms with Crippen LogP contribution in [0.5, 0.6) is 5.75 Å². The van der Waals surface area contributed by atoms with Crippen LogP contribution in [0.15, 0.2) is 24.3 Å². The average molecular weight is 281 g/mol. The minimum atomic E-state index is 0.500. The molecule has 0 radical (unpaired) electrons. The summed E-state index contributed by atoms with van der Waals surface area (Å²) in [5, 5.41) is 0. The normalized spacial score (nSPS) is 10.4. The highest BCUT2D eigenvalue weighted by atomic mass is 35.5. The third-order valence-corrected chi connectivity index (χ3v) is 3.81. The summed E-state index contributed by atoms with van der Waals surface area (Å²) in [4.78, 5) is 11.8. The van der Waals surface area contributed by atoms with Crippen molar-refractivity contribution in [3.8, 4) is 5.75 Å². The molecule has 0 aliphatic rings. The molecule has 1 heterocycles. The highest BCUT2D eigenvalue weighted by Gasteiger charge is 2.07. The lowest BCUT2D eigenvalue weighted by Gasteiger charge is -2.12. The van der Waals surface area contributed by atoms with Crippen molar-refractivity contribution in [2.75, 3.05) is 0 Å². The smallest absolute Gasteiger partial charge is 0.150 e. The molecular weight excluding hydrogens is 268 g/mol. The Hall–Kier alpha value is -1.32. The van der Waals surface area contributed by atoms with E-state index in [0.29, 0.717) is 12.2 Å². The van der Waals surface area contributed by atoms with Crippen molar-refractivity contribution in [1.29, 1.82) is 0 Å². The molecule has 0 amide bonds. The Balaban J connectivity index is 2.16. The highest BCUT2D eigenvalue weighted by molar-refractivity contribution is 7.16. The Labute approximate surface area is 115 Å². The van der Waals surface area contributed by atoms with Crippen LogP contribution in [0.2, 0.25) is 4.34 Å². The summed E-state index contributed by atoms with van der Waals surface area (Å²) < 4.78 is 6.56. The van der Waals surface area contributed by atoms with Crippen LogP contribution in [0.4, 0.5) is 0 Å². The van der Waals surface area contributed by atoms with Gasteiger partial charge in [0.25, 0.3) is 0 Å². The van der Waals surface area contributed by atoms with Gasteiger partial charge in [-0.25, -0.2) is 0 Å². The summed E-state index contributed by atoms with van der Waals surface area (Å²) in [7, 11) is 0. The fourth-order valence-corrected chi connectivity index (χ4v) is 2.85. The Morgan fingerprint density at radius 2 is 1.94 bits per heavy atom. The van der Waals surface area contributed by atoms with Gasteiger partial charge in [-0.05, 0) is 49.2 Å². The van der Waals surface area contributed by atoms with Gasteiger partial charge in [-0.1, -0.05) is 11.6 Å². The maximum absolute atomic E-state index is 10.8. The topological polar surface area (TPSA) is 26.3 Å². The zero-order chi connectivity index (χ0) is 13.1. The van der Waals surface area contributed by atoms with E-state index in [0.717, 1.165) is 32.4 Å². The first-order chi connectivity index (χ1) is 8.60. The van der Waals surface area contributed by atoms with E-state index < -0.39 is 0 Å². The van der Waals surface area contributed by atoms with Crippen molar-refractivity contribution in [2.24, 2.45) is 0 Å². The van der Waals surface area contributed by atoms with Crippen molar-refractivity contribution in [2.45, 2.75) is 20.5 Å². The van der Waals surface area contributed by atoms with Crippen LogP contribution in [-0.2, 0) is 6.61 Å². The lowest BCUT2D eigenvalue weighted by Crippen LogP contribution is -1.98. The minimum absolute atomic E-state index is 0.500. The molecule has 0 fully saturated rings. The summed E-state index contributed by atoms with van der Waals surface area (Å²) in [6, 6.07) is 7.48.